The van der Waals surface area contributed by atoms with Crippen LogP contribution in [0.5, 0.6) is 0 Å². The van der Waals surface area contributed by atoms with E-state index in [9.17, 15) is 8.78 Å². The van der Waals surface area contributed by atoms with Crippen LogP contribution >= 0.6 is 12.4 Å². The predicted molar refractivity (Wildman–Crippen MR) is 62.9 cm³/mol. The molecule has 16 heavy (non-hydrogen) atoms. The van der Waals surface area contributed by atoms with Crippen molar-refractivity contribution < 1.29 is 8.78 Å². The summed E-state index contributed by atoms with van der Waals surface area (Å²) < 4.78 is 26.7. The van der Waals surface area contributed by atoms with Crippen molar-refractivity contribution in [3.8, 4) is 0 Å². The topological polar surface area (TPSA) is 12.0 Å². The lowest BCUT2D eigenvalue weighted by atomic mass is 9.90. The van der Waals surface area contributed by atoms with Crippen molar-refractivity contribution in [3.63, 3.8) is 0 Å². The van der Waals surface area contributed by atoms with Crippen molar-refractivity contribution in [3.05, 3.63) is 35.4 Å². The number of halogens is 3. The van der Waals surface area contributed by atoms with Gasteiger partial charge in [-0.2, -0.15) is 0 Å². The van der Waals surface area contributed by atoms with Crippen LogP contribution in [0.25, 0.3) is 0 Å². The van der Waals surface area contributed by atoms with E-state index in [0.717, 1.165) is 25.9 Å². The lowest BCUT2D eigenvalue weighted by Gasteiger charge is -2.22. The molecule has 0 atom stereocenters. The van der Waals surface area contributed by atoms with Gasteiger partial charge in [0.25, 0.3) is 0 Å². The molecule has 0 amide bonds. The maximum Gasteiger partial charge on any atom is 0.129 e. The van der Waals surface area contributed by atoms with Crippen LogP contribution in [0.2, 0.25) is 0 Å². The fraction of sp³-hybridized carbons (Fsp3) is 0.500. The summed E-state index contributed by atoms with van der Waals surface area (Å²) in [6.45, 7) is 1.92. The first-order valence-corrected chi connectivity index (χ1v) is 5.41. The molecule has 2 rings (SSSR count). The highest BCUT2D eigenvalue weighted by Gasteiger charge is 2.17. The summed E-state index contributed by atoms with van der Waals surface area (Å²) in [5, 5.41) is 3.24. The zero-order chi connectivity index (χ0) is 10.7. The van der Waals surface area contributed by atoms with Crippen LogP contribution < -0.4 is 5.32 Å². The van der Waals surface area contributed by atoms with E-state index in [1.807, 2.05) is 0 Å². The lowest BCUT2D eigenvalue weighted by Crippen LogP contribution is -2.29. The molecule has 1 aromatic carbocycles. The molecule has 1 saturated heterocycles. The normalized spacial score (nSPS) is 16.9. The Hall–Kier alpha value is -0.670. The molecule has 1 aliphatic rings. The standard InChI is InChI=1S/C12H15F2N.ClH/c13-11-2-1-3-12(14)10(11)8-9-4-6-15-7-5-9;/h1-3,9,15H,4-8H2;1H. The molecule has 1 fully saturated rings. The number of hydrogen-bond donors (Lipinski definition) is 1. The van der Waals surface area contributed by atoms with Gasteiger partial charge in [0, 0.05) is 5.56 Å². The second-order valence-corrected chi connectivity index (χ2v) is 4.10. The van der Waals surface area contributed by atoms with E-state index < -0.39 is 11.6 Å². The van der Waals surface area contributed by atoms with Crippen molar-refractivity contribution in [1.29, 1.82) is 0 Å². The zero-order valence-corrected chi connectivity index (χ0v) is 9.83. The monoisotopic (exact) mass is 247 g/mol. The molecule has 0 saturated carbocycles. The van der Waals surface area contributed by atoms with Crippen LogP contribution in [0.3, 0.4) is 0 Å². The highest BCUT2D eigenvalue weighted by Crippen LogP contribution is 2.21. The van der Waals surface area contributed by atoms with Gasteiger partial charge in [-0.3, -0.25) is 0 Å². The third-order valence-electron chi connectivity index (χ3n) is 3.01. The second kappa shape index (κ2) is 6.16. The molecule has 1 heterocycles. The number of piperidine rings is 1. The van der Waals surface area contributed by atoms with Crippen molar-refractivity contribution in [2.24, 2.45) is 5.92 Å². The molecule has 0 aliphatic carbocycles. The second-order valence-electron chi connectivity index (χ2n) is 4.10. The summed E-state index contributed by atoms with van der Waals surface area (Å²) in [6.07, 6.45) is 2.54. The first kappa shape index (κ1) is 13.4. The van der Waals surface area contributed by atoms with Crippen molar-refractivity contribution >= 4 is 12.4 Å². The van der Waals surface area contributed by atoms with E-state index in [-0.39, 0.29) is 18.0 Å². The van der Waals surface area contributed by atoms with Crippen LogP contribution in [0.1, 0.15) is 18.4 Å². The smallest absolute Gasteiger partial charge is 0.129 e. The quantitative estimate of drug-likeness (QED) is 0.847. The van der Waals surface area contributed by atoms with Crippen molar-refractivity contribution in [1.82, 2.24) is 5.32 Å². The Labute approximate surface area is 101 Å². The number of rotatable bonds is 2. The first-order chi connectivity index (χ1) is 7.27. The predicted octanol–water partition coefficient (Wildman–Crippen LogP) is 2.93. The zero-order valence-electron chi connectivity index (χ0n) is 9.01. The molecule has 1 nitrogen and oxygen atoms in total. The Kier molecular flexibility index (Phi) is 5.16. The SMILES string of the molecule is Cl.Fc1cccc(F)c1CC1CCNCC1. The summed E-state index contributed by atoms with van der Waals surface area (Å²) in [4.78, 5) is 0. The Morgan fingerprint density at radius 3 is 2.25 bits per heavy atom. The van der Waals surface area contributed by atoms with Crippen LogP contribution in [-0.4, -0.2) is 13.1 Å². The van der Waals surface area contributed by atoms with Crippen LogP contribution in [-0.2, 0) is 6.42 Å². The van der Waals surface area contributed by atoms with E-state index in [2.05, 4.69) is 5.32 Å². The number of benzene rings is 1. The third-order valence-corrected chi connectivity index (χ3v) is 3.01. The van der Waals surface area contributed by atoms with Gasteiger partial charge in [-0.15, -0.1) is 12.4 Å². The van der Waals surface area contributed by atoms with Gasteiger partial charge >= 0.3 is 0 Å². The Bertz CT molecular complexity index is 318. The first-order valence-electron chi connectivity index (χ1n) is 5.41. The van der Waals surface area contributed by atoms with Gasteiger partial charge in [-0.1, -0.05) is 6.07 Å². The molecular weight excluding hydrogens is 232 g/mol. The minimum atomic E-state index is -0.409. The molecule has 0 aromatic heterocycles. The lowest BCUT2D eigenvalue weighted by molar-refractivity contribution is 0.363. The van der Waals surface area contributed by atoms with Crippen LogP contribution in [0, 0.1) is 17.6 Å². The molecule has 0 spiro atoms. The third kappa shape index (κ3) is 3.16. The molecular formula is C12H16ClF2N. The summed E-state index contributed by atoms with van der Waals surface area (Å²) in [5.41, 5.74) is 0.254. The molecule has 1 aromatic rings. The van der Waals surface area contributed by atoms with Crippen molar-refractivity contribution in [2.75, 3.05) is 13.1 Å². The number of nitrogens with one attached hydrogen (secondary N) is 1. The highest BCUT2D eigenvalue weighted by molar-refractivity contribution is 5.85. The molecule has 0 unspecified atom stereocenters. The van der Waals surface area contributed by atoms with Crippen molar-refractivity contribution in [2.45, 2.75) is 19.3 Å². The fourth-order valence-electron chi connectivity index (χ4n) is 2.10. The Morgan fingerprint density at radius 2 is 1.69 bits per heavy atom. The van der Waals surface area contributed by atoms with E-state index in [1.165, 1.54) is 18.2 Å². The highest BCUT2D eigenvalue weighted by atomic mass is 35.5. The molecule has 90 valence electrons. The maximum absolute atomic E-state index is 13.3. The average molecular weight is 248 g/mol. The average Bonchev–Trinajstić information content (AvgIpc) is 2.25. The minimum Gasteiger partial charge on any atom is -0.317 e. The van der Waals surface area contributed by atoms with Gasteiger partial charge in [0.1, 0.15) is 11.6 Å². The Balaban J connectivity index is 0.00000128. The number of hydrogen-bond acceptors (Lipinski definition) is 1. The van der Waals surface area contributed by atoms with Gasteiger partial charge in [0.15, 0.2) is 0 Å². The molecule has 0 radical (unpaired) electrons. The van der Waals surface area contributed by atoms with E-state index in [1.54, 1.807) is 0 Å². The van der Waals surface area contributed by atoms with Crippen LogP contribution in [0.15, 0.2) is 18.2 Å². The summed E-state index contributed by atoms with van der Waals surface area (Å²) >= 11 is 0. The van der Waals surface area contributed by atoms with Gasteiger partial charge in [0.2, 0.25) is 0 Å². The van der Waals surface area contributed by atoms with Gasteiger partial charge in [-0.25, -0.2) is 8.78 Å². The summed E-state index contributed by atoms with van der Waals surface area (Å²) in [7, 11) is 0. The summed E-state index contributed by atoms with van der Waals surface area (Å²) in [6, 6.07) is 4.08. The maximum atomic E-state index is 13.3. The largest absolute Gasteiger partial charge is 0.317 e. The molecule has 4 heteroatoms. The molecule has 1 N–H and O–H groups in total. The minimum absolute atomic E-state index is 0. The van der Waals surface area contributed by atoms with E-state index in [0.29, 0.717) is 12.3 Å². The van der Waals surface area contributed by atoms with Crippen LogP contribution in [0.4, 0.5) is 8.78 Å². The van der Waals surface area contributed by atoms with Gasteiger partial charge in [-0.05, 0) is 50.4 Å². The van der Waals surface area contributed by atoms with E-state index >= 15 is 0 Å². The summed E-state index contributed by atoms with van der Waals surface area (Å²) in [5.74, 6) is -0.403. The van der Waals surface area contributed by atoms with Gasteiger partial charge in [0.05, 0.1) is 0 Å². The Morgan fingerprint density at radius 1 is 1.12 bits per heavy atom. The fourth-order valence-corrected chi connectivity index (χ4v) is 2.10. The van der Waals surface area contributed by atoms with E-state index in [4.69, 9.17) is 0 Å². The molecule has 0 bridgehead atoms. The van der Waals surface area contributed by atoms with Gasteiger partial charge < -0.3 is 5.32 Å². The molecule has 1 aliphatic heterocycles.